The third-order valence-corrected chi connectivity index (χ3v) is 11.2. The van der Waals surface area contributed by atoms with E-state index < -0.39 is 7.37 Å². The van der Waals surface area contributed by atoms with Crippen molar-refractivity contribution in [2.24, 2.45) is 0 Å². The summed E-state index contributed by atoms with van der Waals surface area (Å²) in [6.45, 7) is 7.59. The Labute approximate surface area is 248 Å². The maximum atomic E-state index is 13.7. The van der Waals surface area contributed by atoms with E-state index in [-0.39, 0.29) is 0 Å². The molecule has 0 aliphatic rings. The molecule has 0 aliphatic heterocycles. The van der Waals surface area contributed by atoms with Crippen molar-refractivity contribution in [3.63, 3.8) is 0 Å². The molecule has 0 aromatic rings. The summed E-state index contributed by atoms with van der Waals surface area (Å²) >= 11 is 0. The first-order valence-electron chi connectivity index (χ1n) is 18.4. The van der Waals surface area contributed by atoms with E-state index in [2.05, 4.69) is 20.8 Å². The molecule has 0 amide bonds. The van der Waals surface area contributed by atoms with E-state index in [1.54, 1.807) is 0 Å². The molecule has 0 radical (unpaired) electrons. The summed E-state index contributed by atoms with van der Waals surface area (Å²) in [4.78, 5) is 0. The van der Waals surface area contributed by atoms with Crippen LogP contribution in [0.2, 0.25) is 0 Å². The molecule has 0 aromatic heterocycles. The van der Waals surface area contributed by atoms with Crippen LogP contribution in [0.3, 0.4) is 0 Å². The van der Waals surface area contributed by atoms with Crippen LogP contribution in [0.4, 0.5) is 0 Å². The van der Waals surface area contributed by atoms with E-state index in [1.807, 2.05) is 0 Å². The fourth-order valence-electron chi connectivity index (χ4n) is 5.74. The Morgan fingerprint density at radius 2 is 0.564 bits per heavy atom. The van der Waals surface area contributed by atoms with Crippen LogP contribution >= 0.6 is 7.37 Å². The van der Waals surface area contributed by atoms with Gasteiger partial charge in [0, 0.05) is 12.3 Å². The van der Waals surface area contributed by atoms with Crippen molar-refractivity contribution in [1.29, 1.82) is 0 Å². The molecule has 0 spiro atoms. The lowest BCUT2D eigenvalue weighted by molar-refractivity contribution is 0.299. The van der Waals surface area contributed by atoms with Gasteiger partial charge in [-0.15, -0.1) is 0 Å². The summed E-state index contributed by atoms with van der Waals surface area (Å²) in [7, 11) is -2.44. The van der Waals surface area contributed by atoms with Gasteiger partial charge in [-0.2, -0.15) is 0 Å². The van der Waals surface area contributed by atoms with Crippen molar-refractivity contribution in [3.8, 4) is 0 Å². The molecule has 0 N–H and O–H groups in total. The van der Waals surface area contributed by atoms with Gasteiger partial charge in [-0.05, 0) is 19.3 Å². The maximum Gasteiger partial charge on any atom is 0.203 e. The molecule has 3 heteroatoms. The molecule has 39 heavy (non-hydrogen) atoms. The highest BCUT2D eigenvalue weighted by Crippen LogP contribution is 2.49. The van der Waals surface area contributed by atoms with Crippen LogP contribution in [0.25, 0.3) is 0 Å². The quantitative estimate of drug-likeness (QED) is 0.0568. The molecule has 236 valence electrons. The number of rotatable bonds is 34. The monoisotopic (exact) mass is 571 g/mol. The van der Waals surface area contributed by atoms with Gasteiger partial charge in [0.2, 0.25) is 7.37 Å². The van der Waals surface area contributed by atoms with E-state index >= 15 is 0 Å². The molecule has 0 atom stereocenters. The van der Waals surface area contributed by atoms with Gasteiger partial charge >= 0.3 is 0 Å². The van der Waals surface area contributed by atoms with E-state index in [0.717, 1.165) is 38.2 Å². The molecule has 0 unspecified atom stereocenters. The summed E-state index contributed by atoms with van der Waals surface area (Å²) in [6.07, 6.45) is 41.7. The minimum Gasteiger partial charge on any atom is -0.328 e. The van der Waals surface area contributed by atoms with Crippen LogP contribution in [-0.2, 0) is 9.09 Å². The lowest BCUT2D eigenvalue weighted by Gasteiger charge is -2.19. The van der Waals surface area contributed by atoms with Crippen molar-refractivity contribution < 1.29 is 9.09 Å². The van der Waals surface area contributed by atoms with Crippen LogP contribution in [0, 0.1) is 0 Å². The fourth-order valence-corrected chi connectivity index (χ4v) is 8.10. The molecule has 0 fully saturated rings. The molecule has 2 nitrogen and oxygen atoms in total. The first kappa shape index (κ1) is 39.2. The van der Waals surface area contributed by atoms with Crippen molar-refractivity contribution >= 4 is 7.37 Å². The normalized spacial score (nSPS) is 12.0. The molecule has 0 bridgehead atoms. The van der Waals surface area contributed by atoms with E-state index in [1.165, 1.54) is 173 Å². The molecule has 0 saturated carbocycles. The van der Waals surface area contributed by atoms with Crippen LogP contribution < -0.4 is 0 Å². The molecule has 0 aliphatic carbocycles. The Balaban J connectivity index is 4.07. The molecular weight excluding hydrogens is 495 g/mol. The minimum atomic E-state index is -2.44. The summed E-state index contributed by atoms with van der Waals surface area (Å²) in [5.41, 5.74) is 0. The lowest BCUT2D eigenvalue weighted by atomic mass is 10.1. The number of hydrogen-bond donors (Lipinski definition) is 0. The molecule has 0 rings (SSSR count). The van der Waals surface area contributed by atoms with Gasteiger partial charge in [0.05, 0.1) is 6.61 Å². The zero-order valence-electron chi connectivity index (χ0n) is 27.6. The summed E-state index contributed by atoms with van der Waals surface area (Å²) in [5, 5.41) is 0. The number of hydrogen-bond acceptors (Lipinski definition) is 2. The Morgan fingerprint density at radius 3 is 0.846 bits per heavy atom. The zero-order valence-corrected chi connectivity index (χ0v) is 28.5. The predicted octanol–water partition coefficient (Wildman–Crippen LogP) is 14.0. The number of unbranched alkanes of at least 4 members (excludes halogenated alkanes) is 27. The van der Waals surface area contributed by atoms with E-state index in [9.17, 15) is 4.57 Å². The van der Waals surface area contributed by atoms with Crippen LogP contribution in [0.15, 0.2) is 0 Å². The fraction of sp³-hybridized carbons (Fsp3) is 1.00. The molecule has 0 heterocycles. The second-order valence-electron chi connectivity index (χ2n) is 12.6. The largest absolute Gasteiger partial charge is 0.328 e. The Morgan fingerprint density at radius 1 is 0.333 bits per heavy atom. The Hall–Kier alpha value is 0.190. The molecule has 0 aromatic carbocycles. The summed E-state index contributed by atoms with van der Waals surface area (Å²) in [5.74, 6) is 0. The highest BCUT2D eigenvalue weighted by Gasteiger charge is 2.22. The lowest BCUT2D eigenvalue weighted by Crippen LogP contribution is -2.03. The van der Waals surface area contributed by atoms with Gasteiger partial charge in [-0.25, -0.2) is 0 Å². The molecular formula is C36H75O2P. The zero-order chi connectivity index (χ0) is 28.5. The average Bonchev–Trinajstić information content (AvgIpc) is 2.94. The van der Waals surface area contributed by atoms with Crippen LogP contribution in [0.5, 0.6) is 0 Å². The summed E-state index contributed by atoms with van der Waals surface area (Å²) in [6, 6.07) is 0. The van der Waals surface area contributed by atoms with Gasteiger partial charge in [0.1, 0.15) is 0 Å². The van der Waals surface area contributed by atoms with Crippen molar-refractivity contribution in [2.45, 2.75) is 213 Å². The van der Waals surface area contributed by atoms with Crippen molar-refractivity contribution in [2.75, 3.05) is 18.9 Å². The maximum absolute atomic E-state index is 13.7. The highest BCUT2D eigenvalue weighted by molar-refractivity contribution is 7.58. The predicted molar refractivity (Wildman–Crippen MR) is 179 cm³/mol. The van der Waals surface area contributed by atoms with Gasteiger partial charge in [0.15, 0.2) is 0 Å². The second-order valence-corrected chi connectivity index (χ2v) is 15.4. The SMILES string of the molecule is CCCCCCCCCCCCOP(=O)(CCCCCCCCCCCC)CCCCCCCCCCCC. The first-order valence-corrected chi connectivity index (χ1v) is 20.4. The topological polar surface area (TPSA) is 26.3 Å². The first-order chi connectivity index (χ1) is 19.2. The van der Waals surface area contributed by atoms with Crippen LogP contribution in [0.1, 0.15) is 213 Å². The second kappa shape index (κ2) is 32.7. The van der Waals surface area contributed by atoms with Crippen LogP contribution in [-0.4, -0.2) is 18.9 Å². The standard InChI is InChI=1S/C36H75O2P/c1-4-7-10-13-16-19-22-25-28-31-34-38-39(37,35-32-29-26-23-20-17-14-11-8-5-2)36-33-30-27-24-21-18-15-12-9-6-3/h4-36H2,1-3H3. The summed E-state index contributed by atoms with van der Waals surface area (Å²) < 4.78 is 19.9. The Kier molecular flexibility index (Phi) is 32.9. The third kappa shape index (κ3) is 31.0. The van der Waals surface area contributed by atoms with Gasteiger partial charge in [-0.1, -0.05) is 194 Å². The van der Waals surface area contributed by atoms with Gasteiger partial charge in [-0.3, -0.25) is 4.57 Å². The molecule has 0 saturated heterocycles. The average molecular weight is 571 g/mol. The highest BCUT2D eigenvalue weighted by atomic mass is 31.2. The third-order valence-electron chi connectivity index (χ3n) is 8.53. The van der Waals surface area contributed by atoms with Gasteiger partial charge in [0.25, 0.3) is 0 Å². The van der Waals surface area contributed by atoms with E-state index in [4.69, 9.17) is 4.52 Å². The van der Waals surface area contributed by atoms with Gasteiger partial charge < -0.3 is 4.52 Å². The minimum absolute atomic E-state index is 0.725. The Bertz CT molecular complexity index is 464. The van der Waals surface area contributed by atoms with Crippen molar-refractivity contribution in [1.82, 2.24) is 0 Å². The smallest absolute Gasteiger partial charge is 0.203 e. The van der Waals surface area contributed by atoms with E-state index in [0.29, 0.717) is 0 Å². The van der Waals surface area contributed by atoms with Crippen molar-refractivity contribution in [3.05, 3.63) is 0 Å².